The van der Waals surface area contributed by atoms with Crippen molar-refractivity contribution in [2.75, 3.05) is 65.7 Å². The Morgan fingerprint density at radius 1 is 0.317 bits per heavy atom. The fourth-order valence-electron chi connectivity index (χ4n) is 7.84. The zero-order valence-corrected chi connectivity index (χ0v) is 40.1. The highest BCUT2D eigenvalue weighted by Gasteiger charge is 2.18. The van der Waals surface area contributed by atoms with Crippen molar-refractivity contribution in [3.05, 3.63) is 0 Å². The van der Waals surface area contributed by atoms with E-state index >= 15 is 0 Å². The number of unbranched alkanes of at least 4 members (excludes halogenated alkanes) is 30. The summed E-state index contributed by atoms with van der Waals surface area (Å²) in [6, 6.07) is 0. The topological polar surface area (TPSA) is 106 Å². The van der Waals surface area contributed by atoms with E-state index in [-0.39, 0.29) is 44.1 Å². The molecule has 0 unspecified atom stereocenters. The maximum atomic E-state index is 12.9. The van der Waals surface area contributed by atoms with Gasteiger partial charge < -0.3 is 19.3 Å². The van der Waals surface area contributed by atoms with E-state index in [9.17, 15) is 19.5 Å². The highest BCUT2D eigenvalue weighted by molar-refractivity contribution is 5.75. The standard InChI is InChI=1S/C51H100N2O7/c1-4-7-10-13-16-19-22-25-28-31-34-43-58-49(55)46-52(41-38-42-54)39-37-40-53(47-50(56)59-44-35-32-29-26-23-20-17-14-11-8-5-2)48-51(57)60-45-36-33-30-27-24-21-18-15-12-9-6-3/h54H,4-48H2,1-3H3. The molecule has 9 heteroatoms. The lowest BCUT2D eigenvalue weighted by atomic mass is 10.1. The third-order valence-electron chi connectivity index (χ3n) is 11.7. The number of ether oxygens (including phenoxy) is 3. The summed E-state index contributed by atoms with van der Waals surface area (Å²) in [5.41, 5.74) is 0. The molecule has 0 aliphatic rings. The molecule has 0 aliphatic carbocycles. The Kier molecular flexibility index (Phi) is 46.9. The molecule has 0 amide bonds. The normalized spacial score (nSPS) is 11.5. The van der Waals surface area contributed by atoms with E-state index in [0.29, 0.717) is 52.3 Å². The molecular formula is C51H100N2O7. The SMILES string of the molecule is CCCCCCCCCCCCCOC(=O)CN(CCCO)CCCN(CC(=O)OCCCCCCCCCCCCC)CC(=O)OCCCCCCCCCCCCC. The second-order valence-electron chi connectivity index (χ2n) is 17.7. The quantitative estimate of drug-likeness (QED) is 0.0364. The molecule has 1 N–H and O–H groups in total. The van der Waals surface area contributed by atoms with Gasteiger partial charge in [-0.2, -0.15) is 0 Å². The fourth-order valence-corrected chi connectivity index (χ4v) is 7.84. The van der Waals surface area contributed by atoms with Gasteiger partial charge in [0.1, 0.15) is 0 Å². The van der Waals surface area contributed by atoms with Crippen molar-refractivity contribution >= 4 is 17.9 Å². The van der Waals surface area contributed by atoms with Crippen LogP contribution in [0.15, 0.2) is 0 Å². The number of carbonyl (C=O) groups excluding carboxylic acids is 3. The largest absolute Gasteiger partial charge is 0.465 e. The average Bonchev–Trinajstić information content (AvgIpc) is 3.23. The summed E-state index contributed by atoms with van der Waals surface area (Å²) in [5.74, 6) is -0.874. The first-order chi connectivity index (χ1) is 29.5. The minimum Gasteiger partial charge on any atom is -0.465 e. The molecule has 0 bridgehead atoms. The van der Waals surface area contributed by atoms with Gasteiger partial charge in [-0.05, 0) is 38.6 Å². The van der Waals surface area contributed by atoms with Crippen molar-refractivity contribution in [3.8, 4) is 0 Å². The first-order valence-corrected chi connectivity index (χ1v) is 26.0. The number of nitrogens with zero attached hydrogens (tertiary/aromatic N) is 2. The van der Waals surface area contributed by atoms with Crippen molar-refractivity contribution < 1.29 is 33.7 Å². The van der Waals surface area contributed by atoms with Crippen molar-refractivity contribution in [2.24, 2.45) is 0 Å². The van der Waals surface area contributed by atoms with Crippen LogP contribution in [-0.4, -0.2) is 98.5 Å². The molecule has 0 radical (unpaired) electrons. The van der Waals surface area contributed by atoms with Gasteiger partial charge in [-0.3, -0.25) is 24.2 Å². The number of esters is 3. The van der Waals surface area contributed by atoms with E-state index in [1.54, 1.807) is 0 Å². The number of hydrogen-bond donors (Lipinski definition) is 1. The Labute approximate surface area is 371 Å². The summed E-state index contributed by atoms with van der Waals surface area (Å²) < 4.78 is 16.8. The number of aliphatic hydroxyl groups is 1. The second-order valence-corrected chi connectivity index (χ2v) is 17.7. The molecule has 0 atom stereocenters. The molecule has 0 saturated carbocycles. The minimum atomic E-state index is -0.316. The predicted molar refractivity (Wildman–Crippen MR) is 251 cm³/mol. The van der Waals surface area contributed by atoms with Gasteiger partial charge in [0.15, 0.2) is 0 Å². The Bertz CT molecular complexity index is 878. The lowest BCUT2D eigenvalue weighted by Crippen LogP contribution is -2.39. The predicted octanol–water partition coefficient (Wildman–Crippen LogP) is 12.9. The van der Waals surface area contributed by atoms with Gasteiger partial charge >= 0.3 is 17.9 Å². The molecule has 0 rings (SSSR count). The zero-order valence-electron chi connectivity index (χ0n) is 40.1. The molecule has 0 saturated heterocycles. The second kappa shape index (κ2) is 48.3. The maximum Gasteiger partial charge on any atom is 0.320 e. The molecule has 0 aromatic carbocycles. The molecule has 0 heterocycles. The first-order valence-electron chi connectivity index (χ1n) is 26.0. The van der Waals surface area contributed by atoms with Gasteiger partial charge in [-0.15, -0.1) is 0 Å². The Morgan fingerprint density at radius 3 is 0.833 bits per heavy atom. The van der Waals surface area contributed by atoms with E-state index in [1.165, 1.54) is 173 Å². The van der Waals surface area contributed by atoms with Crippen LogP contribution in [0.3, 0.4) is 0 Å². The van der Waals surface area contributed by atoms with Crippen molar-refractivity contribution in [1.29, 1.82) is 0 Å². The summed E-state index contributed by atoms with van der Waals surface area (Å²) in [4.78, 5) is 42.4. The third-order valence-corrected chi connectivity index (χ3v) is 11.7. The van der Waals surface area contributed by atoms with Crippen LogP contribution in [-0.2, 0) is 28.6 Å². The molecule has 0 aliphatic heterocycles. The van der Waals surface area contributed by atoms with Crippen LogP contribution in [0, 0.1) is 0 Å². The van der Waals surface area contributed by atoms with Crippen LogP contribution in [0.5, 0.6) is 0 Å². The minimum absolute atomic E-state index is 0.0310. The van der Waals surface area contributed by atoms with Crippen LogP contribution in [0.1, 0.15) is 245 Å². The van der Waals surface area contributed by atoms with Crippen LogP contribution in [0.25, 0.3) is 0 Å². The smallest absolute Gasteiger partial charge is 0.320 e. The van der Waals surface area contributed by atoms with E-state index < -0.39 is 0 Å². The van der Waals surface area contributed by atoms with Gasteiger partial charge in [0, 0.05) is 19.7 Å². The maximum absolute atomic E-state index is 12.9. The summed E-state index contributed by atoms with van der Waals surface area (Å²) in [6.07, 6.45) is 42.2. The summed E-state index contributed by atoms with van der Waals surface area (Å²) in [7, 11) is 0. The van der Waals surface area contributed by atoms with E-state index in [2.05, 4.69) is 20.8 Å². The Hall–Kier alpha value is -1.71. The number of carbonyl (C=O) groups is 3. The monoisotopic (exact) mass is 853 g/mol. The van der Waals surface area contributed by atoms with Crippen molar-refractivity contribution in [2.45, 2.75) is 245 Å². The number of rotatable bonds is 49. The van der Waals surface area contributed by atoms with Crippen LogP contribution in [0.2, 0.25) is 0 Å². The van der Waals surface area contributed by atoms with Crippen molar-refractivity contribution in [1.82, 2.24) is 9.80 Å². The Balaban J connectivity index is 4.68. The molecular weight excluding hydrogens is 753 g/mol. The van der Waals surface area contributed by atoms with E-state index in [1.807, 2.05) is 9.80 Å². The highest BCUT2D eigenvalue weighted by Crippen LogP contribution is 2.14. The molecule has 0 fully saturated rings. The van der Waals surface area contributed by atoms with Gasteiger partial charge in [0.05, 0.1) is 39.5 Å². The zero-order chi connectivity index (χ0) is 43.8. The Morgan fingerprint density at radius 2 is 0.550 bits per heavy atom. The highest BCUT2D eigenvalue weighted by atomic mass is 16.5. The molecule has 60 heavy (non-hydrogen) atoms. The number of aliphatic hydroxyl groups excluding tert-OH is 1. The van der Waals surface area contributed by atoms with Crippen LogP contribution < -0.4 is 0 Å². The van der Waals surface area contributed by atoms with Crippen LogP contribution >= 0.6 is 0 Å². The molecule has 0 spiro atoms. The summed E-state index contributed by atoms with van der Waals surface area (Å²) in [5, 5.41) is 9.51. The average molecular weight is 853 g/mol. The van der Waals surface area contributed by atoms with Gasteiger partial charge in [-0.1, -0.05) is 213 Å². The summed E-state index contributed by atoms with van der Waals surface area (Å²) >= 11 is 0. The molecule has 356 valence electrons. The fraction of sp³-hybridized carbons (Fsp3) is 0.941. The van der Waals surface area contributed by atoms with Gasteiger partial charge in [-0.25, -0.2) is 0 Å². The van der Waals surface area contributed by atoms with Crippen molar-refractivity contribution in [3.63, 3.8) is 0 Å². The van der Waals surface area contributed by atoms with Gasteiger partial charge in [0.25, 0.3) is 0 Å². The lowest BCUT2D eigenvalue weighted by molar-refractivity contribution is -0.149. The lowest BCUT2D eigenvalue weighted by Gasteiger charge is -2.24. The van der Waals surface area contributed by atoms with Gasteiger partial charge in [0.2, 0.25) is 0 Å². The summed E-state index contributed by atoms with van der Waals surface area (Å²) in [6.45, 7) is 9.95. The number of hydrogen-bond acceptors (Lipinski definition) is 9. The first kappa shape index (κ1) is 58.3. The van der Waals surface area contributed by atoms with E-state index in [4.69, 9.17) is 14.2 Å². The molecule has 9 nitrogen and oxygen atoms in total. The van der Waals surface area contributed by atoms with E-state index in [0.717, 1.165) is 38.5 Å². The third kappa shape index (κ3) is 44.3. The van der Waals surface area contributed by atoms with Crippen LogP contribution in [0.4, 0.5) is 0 Å². The molecule has 0 aromatic rings. The molecule has 0 aromatic heterocycles.